The summed E-state index contributed by atoms with van der Waals surface area (Å²) in [4.78, 5) is 19.4. The number of carbonyl (C=O) groups is 1. The van der Waals surface area contributed by atoms with E-state index in [1.165, 1.54) is 5.69 Å². The van der Waals surface area contributed by atoms with Gasteiger partial charge in [0.25, 0.3) is 0 Å². The number of anilines is 1. The minimum Gasteiger partial charge on any atom is -0.497 e. The number of hydrogen-bond donors (Lipinski definition) is 0. The van der Waals surface area contributed by atoms with Crippen LogP contribution >= 0.6 is 0 Å². The maximum atomic E-state index is 13.0. The minimum absolute atomic E-state index is 0.0995. The van der Waals surface area contributed by atoms with Crippen LogP contribution in [0.1, 0.15) is 19.3 Å². The lowest BCUT2D eigenvalue weighted by Crippen LogP contribution is -2.52. The molecule has 7 nitrogen and oxygen atoms in total. The molecule has 8 heteroatoms. The van der Waals surface area contributed by atoms with Crippen molar-refractivity contribution in [1.29, 1.82) is 0 Å². The van der Waals surface area contributed by atoms with Crippen LogP contribution in [0.3, 0.4) is 0 Å². The largest absolute Gasteiger partial charge is 0.497 e. The molecule has 1 saturated carbocycles. The highest BCUT2D eigenvalue weighted by atomic mass is 32.2. The summed E-state index contributed by atoms with van der Waals surface area (Å²) in [5, 5.41) is 0. The molecule has 1 amide bonds. The van der Waals surface area contributed by atoms with Gasteiger partial charge in [-0.2, -0.15) is 0 Å². The predicted molar refractivity (Wildman–Crippen MR) is 109 cm³/mol. The Morgan fingerprint density at radius 1 is 1.07 bits per heavy atom. The Morgan fingerprint density at radius 3 is 2.29 bits per heavy atom. The molecule has 0 spiro atoms. The van der Waals surface area contributed by atoms with Crippen molar-refractivity contribution in [2.45, 2.75) is 31.3 Å². The molecule has 0 unspecified atom stereocenters. The number of nitrogens with zero attached hydrogens (tertiary/aromatic N) is 3. The highest BCUT2D eigenvalue weighted by Crippen LogP contribution is 2.32. The first-order valence-electron chi connectivity index (χ1n) is 10.1. The van der Waals surface area contributed by atoms with Gasteiger partial charge in [0.2, 0.25) is 5.91 Å². The Kier molecular flexibility index (Phi) is 5.51. The summed E-state index contributed by atoms with van der Waals surface area (Å²) in [5.74, 6) is 1.31. The van der Waals surface area contributed by atoms with Gasteiger partial charge >= 0.3 is 0 Å². The number of methoxy groups -OCH3 is 1. The zero-order chi connectivity index (χ0) is 19.7. The molecule has 2 heterocycles. The second-order valence-electron chi connectivity index (χ2n) is 8.05. The van der Waals surface area contributed by atoms with Gasteiger partial charge in [-0.25, -0.2) is 8.42 Å². The molecule has 0 aromatic heterocycles. The van der Waals surface area contributed by atoms with Crippen LogP contribution in [-0.2, 0) is 14.6 Å². The zero-order valence-corrected chi connectivity index (χ0v) is 17.2. The summed E-state index contributed by atoms with van der Waals surface area (Å²) in [6.45, 7) is 3.81. The van der Waals surface area contributed by atoms with Crippen molar-refractivity contribution in [2.24, 2.45) is 0 Å². The average molecular weight is 408 g/mol. The lowest BCUT2D eigenvalue weighted by Gasteiger charge is -2.37. The molecule has 2 saturated heterocycles. The van der Waals surface area contributed by atoms with Crippen LogP contribution in [0, 0.1) is 0 Å². The SMILES string of the molecule is COc1ccc(N2CCN(CC(=O)N(C3CC3)[C@H]3CCS(=O)(=O)C3)CC2)cc1. The summed E-state index contributed by atoms with van der Waals surface area (Å²) in [6.07, 6.45) is 2.61. The third kappa shape index (κ3) is 4.43. The van der Waals surface area contributed by atoms with Crippen molar-refractivity contribution in [2.75, 3.05) is 56.2 Å². The smallest absolute Gasteiger partial charge is 0.237 e. The average Bonchev–Trinajstić information content (AvgIpc) is 3.45. The van der Waals surface area contributed by atoms with E-state index in [4.69, 9.17) is 4.74 Å². The maximum Gasteiger partial charge on any atom is 0.237 e. The van der Waals surface area contributed by atoms with Crippen molar-refractivity contribution < 1.29 is 17.9 Å². The van der Waals surface area contributed by atoms with Gasteiger partial charge in [0, 0.05) is 44.0 Å². The van der Waals surface area contributed by atoms with Crippen LogP contribution in [-0.4, -0.2) is 87.5 Å². The quantitative estimate of drug-likeness (QED) is 0.701. The first kappa shape index (κ1) is 19.5. The number of rotatable bonds is 6. The lowest BCUT2D eigenvalue weighted by molar-refractivity contribution is -0.135. The fourth-order valence-electron chi connectivity index (χ4n) is 4.28. The Labute approximate surface area is 167 Å². The van der Waals surface area contributed by atoms with E-state index in [0.29, 0.717) is 13.0 Å². The van der Waals surface area contributed by atoms with Crippen molar-refractivity contribution in [3.05, 3.63) is 24.3 Å². The minimum atomic E-state index is -2.98. The molecule has 1 aromatic rings. The van der Waals surface area contributed by atoms with Gasteiger partial charge in [-0.15, -0.1) is 0 Å². The maximum absolute atomic E-state index is 13.0. The van der Waals surface area contributed by atoms with E-state index in [2.05, 4.69) is 21.9 Å². The summed E-state index contributed by atoms with van der Waals surface area (Å²) in [7, 11) is -1.32. The van der Waals surface area contributed by atoms with Gasteiger partial charge in [-0.05, 0) is 43.5 Å². The first-order valence-corrected chi connectivity index (χ1v) is 11.9. The summed E-state index contributed by atoms with van der Waals surface area (Å²) in [6, 6.07) is 8.20. The van der Waals surface area contributed by atoms with Gasteiger partial charge in [-0.1, -0.05) is 0 Å². The van der Waals surface area contributed by atoms with E-state index in [1.54, 1.807) is 7.11 Å². The van der Waals surface area contributed by atoms with Gasteiger partial charge in [0.15, 0.2) is 9.84 Å². The molecule has 1 aliphatic carbocycles. The standard InChI is InChI=1S/C20H29N3O4S/c1-27-19-6-4-16(5-7-19)22-11-9-21(10-12-22)14-20(24)23(17-2-3-17)18-8-13-28(25,26)15-18/h4-7,17-18H,2-3,8-15H2,1H3/t18-/m0/s1. The molecule has 1 atom stereocenters. The fraction of sp³-hybridized carbons (Fsp3) is 0.650. The Morgan fingerprint density at radius 2 is 1.75 bits per heavy atom. The van der Waals surface area contributed by atoms with Crippen molar-refractivity contribution in [3.8, 4) is 5.75 Å². The number of carbonyl (C=O) groups excluding carboxylic acids is 1. The lowest BCUT2D eigenvalue weighted by atomic mass is 10.2. The van der Waals surface area contributed by atoms with Crippen molar-refractivity contribution >= 4 is 21.4 Å². The van der Waals surface area contributed by atoms with Crippen LogP contribution < -0.4 is 9.64 Å². The van der Waals surface area contributed by atoms with Crippen LogP contribution in [0.25, 0.3) is 0 Å². The molecule has 0 N–H and O–H groups in total. The van der Waals surface area contributed by atoms with Gasteiger partial charge in [0.1, 0.15) is 5.75 Å². The number of sulfone groups is 1. The monoisotopic (exact) mass is 407 g/mol. The van der Waals surface area contributed by atoms with Crippen LogP contribution in [0.4, 0.5) is 5.69 Å². The second kappa shape index (κ2) is 7.91. The molecule has 154 valence electrons. The Balaban J connectivity index is 1.31. The van der Waals surface area contributed by atoms with E-state index in [9.17, 15) is 13.2 Å². The van der Waals surface area contributed by atoms with Gasteiger partial charge in [-0.3, -0.25) is 9.69 Å². The van der Waals surface area contributed by atoms with Crippen LogP contribution in [0.15, 0.2) is 24.3 Å². The van der Waals surface area contributed by atoms with Crippen molar-refractivity contribution in [1.82, 2.24) is 9.80 Å². The van der Waals surface area contributed by atoms with E-state index >= 15 is 0 Å². The third-order valence-corrected chi connectivity index (χ3v) is 7.75. The van der Waals surface area contributed by atoms with Gasteiger partial charge < -0.3 is 14.5 Å². The topological polar surface area (TPSA) is 70.2 Å². The number of amides is 1. The number of hydrogen-bond acceptors (Lipinski definition) is 6. The van der Waals surface area contributed by atoms with E-state index in [-0.39, 0.29) is 29.5 Å². The molecule has 0 bridgehead atoms. The molecule has 3 aliphatic rings. The molecular formula is C20H29N3O4S. The highest BCUT2D eigenvalue weighted by molar-refractivity contribution is 7.91. The van der Waals surface area contributed by atoms with E-state index in [1.807, 2.05) is 17.0 Å². The van der Waals surface area contributed by atoms with Crippen molar-refractivity contribution in [3.63, 3.8) is 0 Å². The second-order valence-corrected chi connectivity index (χ2v) is 10.3. The molecular weight excluding hydrogens is 378 g/mol. The molecule has 2 aliphatic heterocycles. The third-order valence-electron chi connectivity index (χ3n) is 6.00. The molecule has 1 aromatic carbocycles. The predicted octanol–water partition coefficient (Wildman–Crippen LogP) is 0.995. The first-order chi connectivity index (χ1) is 13.4. The summed E-state index contributed by atoms with van der Waals surface area (Å²) >= 11 is 0. The molecule has 4 rings (SSSR count). The number of piperazine rings is 1. The molecule has 3 fully saturated rings. The van der Waals surface area contributed by atoms with E-state index < -0.39 is 9.84 Å². The Bertz CT molecular complexity index is 799. The number of ether oxygens (including phenoxy) is 1. The fourth-order valence-corrected chi connectivity index (χ4v) is 5.99. The molecule has 28 heavy (non-hydrogen) atoms. The number of benzene rings is 1. The Hall–Kier alpha value is -1.80. The highest BCUT2D eigenvalue weighted by Gasteiger charge is 2.42. The zero-order valence-electron chi connectivity index (χ0n) is 16.4. The normalized spacial score (nSPS) is 24.9. The van der Waals surface area contributed by atoms with Crippen LogP contribution in [0.2, 0.25) is 0 Å². The summed E-state index contributed by atoms with van der Waals surface area (Å²) in [5.41, 5.74) is 1.17. The molecule has 0 radical (unpaired) electrons. The van der Waals surface area contributed by atoms with Gasteiger partial charge in [0.05, 0.1) is 25.2 Å². The van der Waals surface area contributed by atoms with Crippen LogP contribution in [0.5, 0.6) is 5.75 Å². The summed E-state index contributed by atoms with van der Waals surface area (Å²) < 4.78 is 28.9. The van der Waals surface area contributed by atoms with E-state index in [0.717, 1.165) is 44.8 Å².